The minimum absolute atomic E-state index is 0.234. The predicted octanol–water partition coefficient (Wildman–Crippen LogP) is 3.58. The van der Waals surface area contributed by atoms with Crippen LogP contribution in [0.1, 0.15) is 16.1 Å². The van der Waals surface area contributed by atoms with E-state index in [4.69, 9.17) is 0 Å². The fourth-order valence-electron chi connectivity index (χ4n) is 2.67. The summed E-state index contributed by atoms with van der Waals surface area (Å²) in [6.07, 6.45) is 1.71. The molecule has 0 atom stereocenters. The van der Waals surface area contributed by atoms with Gasteiger partial charge >= 0.3 is 0 Å². The SMILES string of the molecule is Cc1cc(NC(=O)c2cc(-c3ccccn3)nc3ccccc23)n[nH]1. The van der Waals surface area contributed by atoms with Crippen LogP contribution in [0, 0.1) is 6.92 Å². The third-order valence-electron chi connectivity index (χ3n) is 3.84. The van der Waals surface area contributed by atoms with Gasteiger partial charge in [0.25, 0.3) is 5.91 Å². The summed E-state index contributed by atoms with van der Waals surface area (Å²) in [4.78, 5) is 21.8. The van der Waals surface area contributed by atoms with Gasteiger partial charge < -0.3 is 5.32 Å². The molecule has 0 aliphatic rings. The smallest absolute Gasteiger partial charge is 0.257 e. The normalized spacial score (nSPS) is 10.8. The van der Waals surface area contributed by atoms with Crippen molar-refractivity contribution in [1.82, 2.24) is 20.2 Å². The van der Waals surface area contributed by atoms with E-state index in [0.29, 0.717) is 17.1 Å². The number of carbonyl (C=O) groups is 1. The number of pyridine rings is 2. The highest BCUT2D eigenvalue weighted by Crippen LogP contribution is 2.24. The number of amides is 1. The zero-order valence-corrected chi connectivity index (χ0v) is 13.5. The number of nitrogens with one attached hydrogen (secondary N) is 2. The van der Waals surface area contributed by atoms with Crippen molar-refractivity contribution in [1.29, 1.82) is 0 Å². The molecule has 3 heterocycles. The van der Waals surface area contributed by atoms with E-state index in [1.165, 1.54) is 0 Å². The van der Waals surface area contributed by atoms with Crippen molar-refractivity contribution < 1.29 is 4.79 Å². The van der Waals surface area contributed by atoms with Gasteiger partial charge in [0.1, 0.15) is 0 Å². The molecular formula is C19H15N5O. The lowest BCUT2D eigenvalue weighted by atomic mass is 10.1. The van der Waals surface area contributed by atoms with Gasteiger partial charge in [-0.05, 0) is 31.2 Å². The average molecular weight is 329 g/mol. The Hall–Kier alpha value is -3.54. The highest BCUT2D eigenvalue weighted by atomic mass is 16.1. The summed E-state index contributed by atoms with van der Waals surface area (Å²) < 4.78 is 0. The molecule has 6 heteroatoms. The van der Waals surface area contributed by atoms with Crippen LogP contribution in [0.5, 0.6) is 0 Å². The van der Waals surface area contributed by atoms with Gasteiger partial charge in [-0.3, -0.25) is 14.9 Å². The second-order valence-electron chi connectivity index (χ2n) is 5.68. The van der Waals surface area contributed by atoms with E-state index >= 15 is 0 Å². The maximum Gasteiger partial charge on any atom is 0.257 e. The van der Waals surface area contributed by atoms with Crippen LogP contribution in [0.3, 0.4) is 0 Å². The van der Waals surface area contributed by atoms with E-state index in [-0.39, 0.29) is 5.91 Å². The number of hydrogen-bond acceptors (Lipinski definition) is 4. The summed E-state index contributed by atoms with van der Waals surface area (Å²) in [6, 6.07) is 16.7. The number of anilines is 1. The molecule has 122 valence electrons. The van der Waals surface area contributed by atoms with Crippen LogP contribution in [-0.2, 0) is 0 Å². The molecule has 6 nitrogen and oxygen atoms in total. The molecule has 0 aliphatic carbocycles. The van der Waals surface area contributed by atoms with E-state index in [1.807, 2.05) is 49.4 Å². The Morgan fingerprint density at radius 1 is 1.04 bits per heavy atom. The second-order valence-corrected chi connectivity index (χ2v) is 5.68. The minimum Gasteiger partial charge on any atom is -0.305 e. The fourth-order valence-corrected chi connectivity index (χ4v) is 2.67. The first-order valence-corrected chi connectivity index (χ1v) is 7.85. The lowest BCUT2D eigenvalue weighted by Crippen LogP contribution is -2.13. The van der Waals surface area contributed by atoms with Crippen LogP contribution < -0.4 is 5.32 Å². The summed E-state index contributed by atoms with van der Waals surface area (Å²) in [7, 11) is 0. The molecule has 1 amide bonds. The van der Waals surface area contributed by atoms with Crippen molar-refractivity contribution in [3.8, 4) is 11.4 Å². The Morgan fingerprint density at radius 2 is 1.88 bits per heavy atom. The summed E-state index contributed by atoms with van der Waals surface area (Å²) >= 11 is 0. The zero-order chi connectivity index (χ0) is 17.2. The first kappa shape index (κ1) is 15.0. The molecule has 0 fully saturated rings. The Balaban J connectivity index is 1.82. The molecule has 4 aromatic rings. The monoisotopic (exact) mass is 329 g/mol. The number of aromatic amines is 1. The Labute approximate surface area is 144 Å². The number of benzene rings is 1. The van der Waals surface area contributed by atoms with Gasteiger partial charge in [-0.1, -0.05) is 24.3 Å². The van der Waals surface area contributed by atoms with Gasteiger partial charge in [0.2, 0.25) is 0 Å². The number of fused-ring (bicyclic) bond motifs is 1. The molecule has 3 aromatic heterocycles. The number of aryl methyl sites for hydroxylation is 1. The molecule has 0 unspecified atom stereocenters. The number of hydrogen-bond donors (Lipinski definition) is 2. The first-order chi connectivity index (χ1) is 12.2. The maximum atomic E-state index is 12.8. The molecule has 0 saturated carbocycles. The Kier molecular flexibility index (Phi) is 3.70. The van der Waals surface area contributed by atoms with Gasteiger partial charge in [-0.15, -0.1) is 0 Å². The number of aromatic nitrogens is 4. The second kappa shape index (κ2) is 6.16. The third kappa shape index (κ3) is 2.97. The number of rotatable bonds is 3. The first-order valence-electron chi connectivity index (χ1n) is 7.85. The van der Waals surface area contributed by atoms with Crippen molar-refractivity contribution in [2.45, 2.75) is 6.92 Å². The number of nitrogens with zero attached hydrogens (tertiary/aromatic N) is 3. The van der Waals surface area contributed by atoms with Gasteiger partial charge in [0.15, 0.2) is 5.82 Å². The van der Waals surface area contributed by atoms with Crippen molar-refractivity contribution in [2.75, 3.05) is 5.32 Å². The number of H-pyrrole nitrogens is 1. The minimum atomic E-state index is -0.234. The van der Waals surface area contributed by atoms with Crippen LogP contribution in [0.15, 0.2) is 60.8 Å². The van der Waals surface area contributed by atoms with Gasteiger partial charge in [-0.25, -0.2) is 4.98 Å². The Bertz CT molecular complexity index is 1060. The van der Waals surface area contributed by atoms with Crippen LogP contribution in [0.4, 0.5) is 5.82 Å². The maximum absolute atomic E-state index is 12.8. The lowest BCUT2D eigenvalue weighted by Gasteiger charge is -2.09. The van der Waals surface area contributed by atoms with E-state index < -0.39 is 0 Å². The Morgan fingerprint density at radius 3 is 2.64 bits per heavy atom. The van der Waals surface area contributed by atoms with Gasteiger partial charge in [0.05, 0.1) is 22.5 Å². The van der Waals surface area contributed by atoms with E-state index in [0.717, 1.165) is 22.3 Å². The molecule has 0 saturated heterocycles. The lowest BCUT2D eigenvalue weighted by molar-refractivity contribution is 0.102. The van der Waals surface area contributed by atoms with E-state index in [9.17, 15) is 4.79 Å². The van der Waals surface area contributed by atoms with Crippen LogP contribution in [-0.4, -0.2) is 26.1 Å². The van der Waals surface area contributed by atoms with Crippen molar-refractivity contribution in [2.24, 2.45) is 0 Å². The highest BCUT2D eigenvalue weighted by Gasteiger charge is 2.15. The van der Waals surface area contributed by atoms with Gasteiger partial charge in [0, 0.05) is 23.3 Å². The number of para-hydroxylation sites is 1. The summed E-state index contributed by atoms with van der Waals surface area (Å²) in [5.41, 5.74) is 3.53. The van der Waals surface area contributed by atoms with Crippen LogP contribution >= 0.6 is 0 Å². The standard InChI is InChI=1S/C19H15N5O/c1-12-10-18(24-23-12)22-19(25)14-11-17(16-8-4-5-9-20-16)21-15-7-3-2-6-13(14)15/h2-11H,1H3,(H2,22,23,24,25). The summed E-state index contributed by atoms with van der Waals surface area (Å²) in [5.74, 6) is 0.255. The predicted molar refractivity (Wildman–Crippen MR) is 96.3 cm³/mol. The van der Waals surface area contributed by atoms with E-state index in [1.54, 1.807) is 18.3 Å². The van der Waals surface area contributed by atoms with Crippen molar-refractivity contribution >= 4 is 22.6 Å². The van der Waals surface area contributed by atoms with Crippen molar-refractivity contribution in [3.63, 3.8) is 0 Å². The molecule has 0 spiro atoms. The molecule has 25 heavy (non-hydrogen) atoms. The molecule has 2 N–H and O–H groups in total. The molecular weight excluding hydrogens is 314 g/mol. The summed E-state index contributed by atoms with van der Waals surface area (Å²) in [6.45, 7) is 1.88. The third-order valence-corrected chi connectivity index (χ3v) is 3.84. The highest BCUT2D eigenvalue weighted by molar-refractivity contribution is 6.12. The van der Waals surface area contributed by atoms with Gasteiger partial charge in [-0.2, -0.15) is 5.10 Å². The fraction of sp³-hybridized carbons (Fsp3) is 0.0526. The van der Waals surface area contributed by atoms with Crippen LogP contribution in [0.25, 0.3) is 22.3 Å². The topological polar surface area (TPSA) is 83.6 Å². The molecule has 1 aromatic carbocycles. The molecule has 4 rings (SSSR count). The summed E-state index contributed by atoms with van der Waals surface area (Å²) in [5, 5.41) is 10.5. The van der Waals surface area contributed by atoms with Crippen LogP contribution in [0.2, 0.25) is 0 Å². The molecule has 0 bridgehead atoms. The number of carbonyl (C=O) groups excluding carboxylic acids is 1. The molecule has 0 radical (unpaired) electrons. The average Bonchev–Trinajstić information content (AvgIpc) is 3.06. The van der Waals surface area contributed by atoms with Crippen molar-refractivity contribution in [3.05, 3.63) is 72.1 Å². The van der Waals surface area contributed by atoms with E-state index in [2.05, 4.69) is 25.5 Å². The quantitative estimate of drug-likeness (QED) is 0.602. The molecule has 0 aliphatic heterocycles. The zero-order valence-electron chi connectivity index (χ0n) is 13.5. The largest absolute Gasteiger partial charge is 0.305 e.